The number of aliphatic hydroxyl groups excluding tert-OH is 3. The van der Waals surface area contributed by atoms with Crippen LogP contribution in [0, 0.1) is 0 Å². The fraction of sp³-hybridized carbons (Fsp3) is 0.833. The van der Waals surface area contributed by atoms with E-state index in [-0.39, 0.29) is 12.8 Å². The second-order valence-corrected chi connectivity index (χ2v) is 2.32. The number of primary amides is 1. The lowest BCUT2D eigenvalue weighted by Gasteiger charge is -2.13. The van der Waals surface area contributed by atoms with Gasteiger partial charge in [-0.2, -0.15) is 0 Å². The molecule has 0 aromatic rings. The summed E-state index contributed by atoms with van der Waals surface area (Å²) in [4.78, 5) is 10.2. The van der Waals surface area contributed by atoms with Crippen LogP contribution < -0.4 is 5.73 Å². The van der Waals surface area contributed by atoms with E-state index in [0.29, 0.717) is 0 Å². The number of carbonyl (C=O) groups is 1. The molecule has 0 aliphatic heterocycles. The molecule has 0 spiro atoms. The Balaban J connectivity index is 3.51. The van der Waals surface area contributed by atoms with Crippen LogP contribution >= 0.6 is 0 Å². The van der Waals surface area contributed by atoms with Gasteiger partial charge in [-0.25, -0.2) is 0 Å². The lowest BCUT2D eigenvalue weighted by Crippen LogP contribution is -2.30. The molecule has 0 saturated carbocycles. The van der Waals surface area contributed by atoms with Crippen molar-refractivity contribution < 1.29 is 20.1 Å². The van der Waals surface area contributed by atoms with Gasteiger partial charge in [-0.05, 0) is 6.42 Å². The zero-order chi connectivity index (χ0) is 8.85. The van der Waals surface area contributed by atoms with E-state index in [1.165, 1.54) is 0 Å². The highest BCUT2D eigenvalue weighted by atomic mass is 16.4. The molecule has 0 aliphatic rings. The van der Waals surface area contributed by atoms with Gasteiger partial charge < -0.3 is 21.1 Å². The number of aliphatic hydroxyl groups is 3. The van der Waals surface area contributed by atoms with E-state index in [9.17, 15) is 4.79 Å². The SMILES string of the molecule is NC(=O)CC[C@H](O)[C@H](O)CO. The molecule has 1 amide bonds. The van der Waals surface area contributed by atoms with Crippen LogP contribution in [0.5, 0.6) is 0 Å². The van der Waals surface area contributed by atoms with E-state index in [2.05, 4.69) is 0 Å². The highest BCUT2D eigenvalue weighted by Gasteiger charge is 2.15. The highest BCUT2D eigenvalue weighted by Crippen LogP contribution is 2.00. The molecule has 11 heavy (non-hydrogen) atoms. The monoisotopic (exact) mass is 163 g/mol. The van der Waals surface area contributed by atoms with Crippen molar-refractivity contribution >= 4 is 5.91 Å². The van der Waals surface area contributed by atoms with Crippen LogP contribution in [0.4, 0.5) is 0 Å². The van der Waals surface area contributed by atoms with E-state index in [1.807, 2.05) is 0 Å². The minimum atomic E-state index is -1.19. The maximum absolute atomic E-state index is 10.2. The van der Waals surface area contributed by atoms with E-state index in [4.69, 9.17) is 21.1 Å². The number of hydrogen-bond donors (Lipinski definition) is 4. The molecule has 5 N–H and O–H groups in total. The largest absolute Gasteiger partial charge is 0.394 e. The number of hydrogen-bond acceptors (Lipinski definition) is 4. The van der Waals surface area contributed by atoms with Gasteiger partial charge in [-0.1, -0.05) is 0 Å². The molecule has 5 heteroatoms. The van der Waals surface area contributed by atoms with Crippen molar-refractivity contribution in [2.45, 2.75) is 25.0 Å². The Morgan fingerprint density at radius 2 is 1.91 bits per heavy atom. The molecular weight excluding hydrogens is 150 g/mol. The summed E-state index contributed by atoms with van der Waals surface area (Å²) in [5, 5.41) is 26.1. The summed E-state index contributed by atoms with van der Waals surface area (Å²) < 4.78 is 0. The second kappa shape index (κ2) is 5.06. The van der Waals surface area contributed by atoms with Crippen molar-refractivity contribution in [2.75, 3.05) is 6.61 Å². The van der Waals surface area contributed by atoms with Crippen molar-refractivity contribution in [2.24, 2.45) is 5.73 Å². The molecule has 66 valence electrons. The van der Waals surface area contributed by atoms with Crippen LogP contribution in [-0.2, 0) is 4.79 Å². The topological polar surface area (TPSA) is 104 Å². The standard InChI is InChI=1S/C6H13NO4/c7-6(11)2-1-4(9)5(10)3-8/h4-5,8-10H,1-3H2,(H2,7,11)/t4-,5+/m0/s1. The highest BCUT2D eigenvalue weighted by molar-refractivity contribution is 5.73. The summed E-state index contributed by atoms with van der Waals surface area (Å²) in [6.07, 6.45) is -2.17. The van der Waals surface area contributed by atoms with Crippen molar-refractivity contribution in [1.29, 1.82) is 0 Å². The van der Waals surface area contributed by atoms with Gasteiger partial charge in [0, 0.05) is 6.42 Å². The van der Waals surface area contributed by atoms with Gasteiger partial charge in [-0.3, -0.25) is 4.79 Å². The molecule has 0 aliphatic carbocycles. The van der Waals surface area contributed by atoms with Crippen LogP contribution in [0.2, 0.25) is 0 Å². The fourth-order valence-electron chi connectivity index (χ4n) is 0.604. The van der Waals surface area contributed by atoms with E-state index < -0.39 is 24.7 Å². The number of amides is 1. The summed E-state index contributed by atoms with van der Waals surface area (Å²) in [5.74, 6) is -0.533. The third-order valence-electron chi connectivity index (χ3n) is 1.32. The van der Waals surface area contributed by atoms with E-state index >= 15 is 0 Å². The number of carbonyl (C=O) groups excluding carboxylic acids is 1. The first kappa shape index (κ1) is 10.3. The molecule has 0 fully saturated rings. The van der Waals surface area contributed by atoms with Gasteiger partial charge in [-0.15, -0.1) is 0 Å². The van der Waals surface area contributed by atoms with Gasteiger partial charge in [0.15, 0.2) is 0 Å². The summed E-state index contributed by atoms with van der Waals surface area (Å²) >= 11 is 0. The predicted octanol–water partition coefficient (Wildman–Crippen LogP) is -2.03. The molecule has 0 radical (unpaired) electrons. The first-order valence-electron chi connectivity index (χ1n) is 3.33. The Bertz CT molecular complexity index is 128. The molecule has 0 heterocycles. The van der Waals surface area contributed by atoms with Gasteiger partial charge in [0.2, 0.25) is 5.91 Å². The Morgan fingerprint density at radius 1 is 1.36 bits per heavy atom. The first-order valence-corrected chi connectivity index (χ1v) is 3.33. The number of nitrogens with two attached hydrogens (primary N) is 1. The van der Waals surface area contributed by atoms with Gasteiger partial charge in [0.1, 0.15) is 6.10 Å². The van der Waals surface area contributed by atoms with Crippen LogP contribution in [0.25, 0.3) is 0 Å². The molecule has 0 rings (SSSR count). The van der Waals surface area contributed by atoms with Gasteiger partial charge in [0.25, 0.3) is 0 Å². The smallest absolute Gasteiger partial charge is 0.217 e. The second-order valence-electron chi connectivity index (χ2n) is 2.32. The third kappa shape index (κ3) is 4.72. The van der Waals surface area contributed by atoms with Crippen LogP contribution in [0.1, 0.15) is 12.8 Å². The zero-order valence-electron chi connectivity index (χ0n) is 6.10. The quantitative estimate of drug-likeness (QED) is 0.375. The van der Waals surface area contributed by atoms with Crippen molar-refractivity contribution in [3.05, 3.63) is 0 Å². The lowest BCUT2D eigenvalue weighted by atomic mass is 10.1. The summed E-state index contributed by atoms with van der Waals surface area (Å²) in [6.45, 7) is -0.514. The van der Waals surface area contributed by atoms with Gasteiger partial charge in [0.05, 0.1) is 12.7 Å². The molecule has 0 saturated heterocycles. The molecule has 0 bridgehead atoms. The lowest BCUT2D eigenvalue weighted by molar-refractivity contribution is -0.119. The Hall–Kier alpha value is -0.650. The van der Waals surface area contributed by atoms with Crippen LogP contribution in [0.3, 0.4) is 0 Å². The maximum atomic E-state index is 10.2. The normalized spacial score (nSPS) is 15.9. The van der Waals surface area contributed by atoms with Crippen molar-refractivity contribution in [3.63, 3.8) is 0 Å². The molecule has 0 aromatic heterocycles. The molecular formula is C6H13NO4. The molecule has 0 unspecified atom stereocenters. The first-order chi connectivity index (χ1) is 5.07. The summed E-state index contributed by atoms with van der Waals surface area (Å²) in [7, 11) is 0. The minimum Gasteiger partial charge on any atom is -0.394 e. The Morgan fingerprint density at radius 3 is 2.27 bits per heavy atom. The summed E-state index contributed by atoms with van der Waals surface area (Å²) in [5.41, 5.74) is 4.79. The summed E-state index contributed by atoms with van der Waals surface area (Å²) in [6, 6.07) is 0. The average molecular weight is 163 g/mol. The molecule has 5 nitrogen and oxygen atoms in total. The van der Waals surface area contributed by atoms with Crippen LogP contribution in [-0.4, -0.2) is 40.0 Å². The Labute approximate surface area is 64.4 Å². The van der Waals surface area contributed by atoms with E-state index in [1.54, 1.807) is 0 Å². The maximum Gasteiger partial charge on any atom is 0.217 e. The Kier molecular flexibility index (Phi) is 4.76. The average Bonchev–Trinajstić information content (AvgIpc) is 1.98. The molecule has 2 atom stereocenters. The molecule has 0 aromatic carbocycles. The fourth-order valence-corrected chi connectivity index (χ4v) is 0.604. The predicted molar refractivity (Wildman–Crippen MR) is 37.5 cm³/mol. The van der Waals surface area contributed by atoms with Crippen LogP contribution in [0.15, 0.2) is 0 Å². The van der Waals surface area contributed by atoms with Crippen molar-refractivity contribution in [1.82, 2.24) is 0 Å². The zero-order valence-corrected chi connectivity index (χ0v) is 6.10. The number of rotatable bonds is 5. The van der Waals surface area contributed by atoms with E-state index in [0.717, 1.165) is 0 Å². The third-order valence-corrected chi connectivity index (χ3v) is 1.32. The van der Waals surface area contributed by atoms with Crippen molar-refractivity contribution in [3.8, 4) is 0 Å². The van der Waals surface area contributed by atoms with Gasteiger partial charge >= 0.3 is 0 Å². The minimum absolute atomic E-state index is 0.0121.